The van der Waals surface area contributed by atoms with E-state index in [9.17, 15) is 14.0 Å². The smallest absolute Gasteiger partial charge is 0.323 e. The number of carbonyl (C=O) groups is 2. The standard InChI is InChI=1S/C12H9ClFNO3/c1-2-6-15(7-10(16)17)12(18)11-8(13)4-3-5-9(11)14/h1,3-5H,6-7H2,(H,16,17). The Labute approximate surface area is 108 Å². The highest BCUT2D eigenvalue weighted by Crippen LogP contribution is 2.20. The van der Waals surface area contributed by atoms with Gasteiger partial charge in [0, 0.05) is 0 Å². The van der Waals surface area contributed by atoms with Crippen LogP contribution in [0.15, 0.2) is 18.2 Å². The molecular weight excluding hydrogens is 261 g/mol. The molecule has 0 aliphatic rings. The second kappa shape index (κ2) is 6.03. The number of benzene rings is 1. The topological polar surface area (TPSA) is 57.6 Å². The van der Waals surface area contributed by atoms with Gasteiger partial charge in [0.15, 0.2) is 0 Å². The molecule has 0 bridgehead atoms. The molecular formula is C12H9ClFNO3. The number of carboxylic acids is 1. The van der Waals surface area contributed by atoms with Crippen LogP contribution in [0.25, 0.3) is 0 Å². The van der Waals surface area contributed by atoms with E-state index in [0.717, 1.165) is 11.0 Å². The Morgan fingerprint density at radius 3 is 2.67 bits per heavy atom. The number of carboxylic acid groups (broad SMARTS) is 1. The number of rotatable bonds is 4. The molecule has 0 radical (unpaired) electrons. The SMILES string of the molecule is C#CCN(CC(=O)O)C(=O)c1c(F)cccc1Cl. The van der Waals surface area contributed by atoms with Gasteiger partial charge in [-0.1, -0.05) is 23.6 Å². The monoisotopic (exact) mass is 269 g/mol. The van der Waals surface area contributed by atoms with Gasteiger partial charge in [0.1, 0.15) is 12.4 Å². The fraction of sp³-hybridized carbons (Fsp3) is 0.167. The third-order valence-corrected chi connectivity index (χ3v) is 2.39. The van der Waals surface area contributed by atoms with E-state index in [1.165, 1.54) is 12.1 Å². The predicted molar refractivity (Wildman–Crippen MR) is 63.8 cm³/mol. The Morgan fingerprint density at radius 2 is 2.17 bits per heavy atom. The summed E-state index contributed by atoms with van der Waals surface area (Å²) >= 11 is 5.72. The third-order valence-electron chi connectivity index (χ3n) is 2.07. The molecule has 1 rings (SSSR count). The molecule has 0 aromatic heterocycles. The van der Waals surface area contributed by atoms with Gasteiger partial charge in [-0.05, 0) is 12.1 Å². The minimum Gasteiger partial charge on any atom is -0.480 e. The first-order valence-corrected chi connectivity index (χ1v) is 5.23. The van der Waals surface area contributed by atoms with Crippen molar-refractivity contribution < 1.29 is 19.1 Å². The number of aliphatic carboxylic acids is 1. The molecule has 4 nitrogen and oxygen atoms in total. The van der Waals surface area contributed by atoms with E-state index >= 15 is 0 Å². The van der Waals surface area contributed by atoms with E-state index in [1.807, 2.05) is 0 Å². The van der Waals surface area contributed by atoms with Gasteiger partial charge in [0.25, 0.3) is 5.91 Å². The molecule has 1 N–H and O–H groups in total. The van der Waals surface area contributed by atoms with Crippen LogP contribution in [0.5, 0.6) is 0 Å². The highest BCUT2D eigenvalue weighted by Gasteiger charge is 2.23. The summed E-state index contributed by atoms with van der Waals surface area (Å²) in [7, 11) is 0. The van der Waals surface area contributed by atoms with E-state index in [4.69, 9.17) is 23.1 Å². The second-order valence-corrected chi connectivity index (χ2v) is 3.76. The van der Waals surface area contributed by atoms with Crippen LogP contribution >= 0.6 is 11.6 Å². The minimum absolute atomic E-state index is 0.0904. The number of carbonyl (C=O) groups excluding carboxylic acids is 1. The largest absolute Gasteiger partial charge is 0.480 e. The van der Waals surface area contributed by atoms with Crippen molar-refractivity contribution in [3.63, 3.8) is 0 Å². The zero-order chi connectivity index (χ0) is 13.7. The Balaban J connectivity index is 3.10. The van der Waals surface area contributed by atoms with E-state index in [-0.39, 0.29) is 17.1 Å². The molecule has 0 aliphatic heterocycles. The molecule has 0 fully saturated rings. The summed E-state index contributed by atoms with van der Waals surface area (Å²) in [6, 6.07) is 3.75. The summed E-state index contributed by atoms with van der Waals surface area (Å²) in [5.41, 5.74) is -0.379. The average Bonchev–Trinajstić information content (AvgIpc) is 2.27. The second-order valence-electron chi connectivity index (χ2n) is 3.36. The molecule has 1 aromatic rings. The lowest BCUT2D eigenvalue weighted by Gasteiger charge is -2.18. The predicted octanol–water partition coefficient (Wildman–Crippen LogP) is 1.64. The Morgan fingerprint density at radius 1 is 1.50 bits per heavy atom. The van der Waals surface area contributed by atoms with Crippen LogP contribution in [-0.4, -0.2) is 35.0 Å². The molecule has 0 atom stereocenters. The van der Waals surface area contributed by atoms with Crippen LogP contribution in [-0.2, 0) is 4.79 Å². The molecule has 1 amide bonds. The summed E-state index contributed by atoms with van der Waals surface area (Å²) in [6.45, 7) is -0.858. The average molecular weight is 270 g/mol. The lowest BCUT2D eigenvalue weighted by Crippen LogP contribution is -2.36. The fourth-order valence-corrected chi connectivity index (χ4v) is 1.58. The zero-order valence-electron chi connectivity index (χ0n) is 9.19. The Hall–Kier alpha value is -2.06. The van der Waals surface area contributed by atoms with Gasteiger partial charge in [-0.3, -0.25) is 9.59 Å². The summed E-state index contributed by atoms with van der Waals surface area (Å²) < 4.78 is 13.5. The van der Waals surface area contributed by atoms with Gasteiger partial charge < -0.3 is 10.0 Å². The van der Waals surface area contributed by atoms with Crippen molar-refractivity contribution >= 4 is 23.5 Å². The van der Waals surface area contributed by atoms with E-state index in [1.54, 1.807) is 0 Å². The van der Waals surface area contributed by atoms with Crippen LogP contribution in [0.2, 0.25) is 5.02 Å². The quantitative estimate of drug-likeness (QED) is 0.846. The summed E-state index contributed by atoms with van der Waals surface area (Å²) in [5.74, 6) is -0.774. The minimum atomic E-state index is -1.24. The molecule has 1 aromatic carbocycles. The molecule has 0 aliphatic carbocycles. The van der Waals surface area contributed by atoms with Crippen molar-refractivity contribution in [2.24, 2.45) is 0 Å². The lowest BCUT2D eigenvalue weighted by molar-refractivity contribution is -0.137. The Bertz CT molecular complexity index is 504. The van der Waals surface area contributed by atoms with Crippen molar-refractivity contribution in [3.8, 4) is 12.3 Å². The van der Waals surface area contributed by atoms with E-state index in [2.05, 4.69) is 5.92 Å². The van der Waals surface area contributed by atoms with Gasteiger partial charge in [0.05, 0.1) is 17.1 Å². The van der Waals surface area contributed by atoms with E-state index < -0.39 is 24.2 Å². The zero-order valence-corrected chi connectivity index (χ0v) is 9.95. The van der Waals surface area contributed by atoms with Gasteiger partial charge in [-0.2, -0.15) is 0 Å². The maximum Gasteiger partial charge on any atom is 0.323 e. The van der Waals surface area contributed by atoms with E-state index in [0.29, 0.717) is 0 Å². The van der Waals surface area contributed by atoms with Gasteiger partial charge >= 0.3 is 5.97 Å². The number of nitrogens with zero attached hydrogens (tertiary/aromatic N) is 1. The molecule has 0 spiro atoms. The van der Waals surface area contributed by atoms with Gasteiger partial charge in [0.2, 0.25) is 0 Å². The van der Waals surface area contributed by atoms with Crippen LogP contribution < -0.4 is 0 Å². The van der Waals surface area contributed by atoms with Gasteiger partial charge in [-0.15, -0.1) is 6.42 Å². The first-order chi connectivity index (χ1) is 8.47. The van der Waals surface area contributed by atoms with Crippen LogP contribution in [0.3, 0.4) is 0 Å². The summed E-state index contributed by atoms with van der Waals surface area (Å²) in [4.78, 5) is 23.4. The van der Waals surface area contributed by atoms with Crippen molar-refractivity contribution in [3.05, 3.63) is 34.6 Å². The van der Waals surface area contributed by atoms with Crippen LogP contribution in [0.4, 0.5) is 4.39 Å². The number of hydrogen-bond donors (Lipinski definition) is 1. The summed E-state index contributed by atoms with van der Waals surface area (Å²) in [6.07, 6.45) is 5.03. The number of amides is 1. The number of halogens is 2. The normalized spacial score (nSPS) is 9.61. The Kier molecular flexibility index (Phi) is 4.69. The highest BCUT2D eigenvalue weighted by molar-refractivity contribution is 6.33. The van der Waals surface area contributed by atoms with Crippen molar-refractivity contribution in [1.82, 2.24) is 4.90 Å². The maximum atomic E-state index is 13.5. The first-order valence-electron chi connectivity index (χ1n) is 4.86. The van der Waals surface area contributed by atoms with Crippen molar-refractivity contribution in [2.75, 3.05) is 13.1 Å². The van der Waals surface area contributed by atoms with Crippen LogP contribution in [0, 0.1) is 18.2 Å². The van der Waals surface area contributed by atoms with Gasteiger partial charge in [-0.25, -0.2) is 4.39 Å². The highest BCUT2D eigenvalue weighted by atomic mass is 35.5. The van der Waals surface area contributed by atoms with Crippen LogP contribution in [0.1, 0.15) is 10.4 Å². The maximum absolute atomic E-state index is 13.5. The molecule has 0 heterocycles. The summed E-state index contributed by atoms with van der Waals surface area (Å²) in [5, 5.41) is 8.57. The lowest BCUT2D eigenvalue weighted by atomic mass is 10.2. The molecule has 0 saturated heterocycles. The molecule has 94 valence electrons. The third kappa shape index (κ3) is 3.22. The first kappa shape index (κ1) is 14.0. The van der Waals surface area contributed by atoms with Crippen molar-refractivity contribution in [2.45, 2.75) is 0 Å². The van der Waals surface area contributed by atoms with Crippen molar-refractivity contribution in [1.29, 1.82) is 0 Å². The number of terminal acetylenes is 1. The molecule has 0 unspecified atom stereocenters. The fourth-order valence-electron chi connectivity index (χ4n) is 1.33. The molecule has 0 saturated carbocycles. The number of hydrogen-bond acceptors (Lipinski definition) is 2. The molecule has 6 heteroatoms. The molecule has 18 heavy (non-hydrogen) atoms.